The van der Waals surface area contributed by atoms with Gasteiger partial charge >= 0.3 is 0 Å². The molecule has 0 aliphatic heterocycles. The minimum Gasteiger partial charge on any atom is -0.249 e. The zero-order valence-electron chi connectivity index (χ0n) is 7.83. The molecular weight excluding hydrogens is 186 g/mol. The summed E-state index contributed by atoms with van der Waals surface area (Å²) in [7, 11) is 0. The first kappa shape index (κ1) is 9.00. The molecule has 1 aliphatic rings. The van der Waals surface area contributed by atoms with Gasteiger partial charge in [0, 0.05) is 6.54 Å². The monoisotopic (exact) mass is 199 g/mol. The number of rotatable bonds is 4. The smallest absolute Gasteiger partial charge is 0.101 e. The maximum Gasteiger partial charge on any atom is 0.101 e. The summed E-state index contributed by atoms with van der Waals surface area (Å²) in [6.45, 7) is 3.16. The average molecular weight is 200 g/mol. The largest absolute Gasteiger partial charge is 0.249 e. The predicted molar refractivity (Wildman–Crippen MR) is 51.7 cm³/mol. The highest BCUT2D eigenvalue weighted by Gasteiger charge is 2.23. The van der Waals surface area contributed by atoms with Crippen molar-refractivity contribution in [3.8, 4) is 0 Å². The molecule has 0 atom stereocenters. The van der Waals surface area contributed by atoms with Gasteiger partial charge in [0.15, 0.2) is 0 Å². The summed E-state index contributed by atoms with van der Waals surface area (Å²) in [4.78, 5) is 0. The maximum absolute atomic E-state index is 5.76. The van der Waals surface area contributed by atoms with Crippen molar-refractivity contribution in [2.24, 2.45) is 5.92 Å². The molecule has 0 unspecified atom stereocenters. The van der Waals surface area contributed by atoms with E-state index in [1.54, 1.807) is 0 Å². The van der Waals surface area contributed by atoms with Gasteiger partial charge in [-0.15, -0.1) is 16.7 Å². The molecule has 0 aromatic carbocycles. The lowest BCUT2D eigenvalue weighted by Crippen LogP contribution is -2.06. The van der Waals surface area contributed by atoms with Gasteiger partial charge in [-0.1, -0.05) is 12.1 Å². The van der Waals surface area contributed by atoms with Crippen LogP contribution in [0.15, 0.2) is 0 Å². The predicted octanol–water partition coefficient (Wildman–Crippen LogP) is 1.99. The fourth-order valence-electron chi connectivity index (χ4n) is 1.55. The van der Waals surface area contributed by atoms with Crippen LogP contribution in [-0.4, -0.2) is 15.0 Å². The molecular formula is C9H14ClN3. The van der Waals surface area contributed by atoms with Gasteiger partial charge in [0.05, 0.1) is 11.6 Å². The van der Waals surface area contributed by atoms with E-state index in [2.05, 4.69) is 17.2 Å². The Labute approximate surface area is 83.1 Å². The molecule has 1 fully saturated rings. The van der Waals surface area contributed by atoms with Crippen LogP contribution in [0.25, 0.3) is 0 Å². The van der Waals surface area contributed by atoms with Crippen LogP contribution < -0.4 is 0 Å². The third-order valence-electron chi connectivity index (χ3n) is 2.51. The highest BCUT2D eigenvalue weighted by molar-refractivity contribution is 6.16. The molecule has 13 heavy (non-hydrogen) atoms. The van der Waals surface area contributed by atoms with Gasteiger partial charge in [-0.2, -0.15) is 0 Å². The molecule has 0 amide bonds. The van der Waals surface area contributed by atoms with E-state index in [0.717, 1.165) is 24.6 Å². The van der Waals surface area contributed by atoms with Crippen molar-refractivity contribution in [1.82, 2.24) is 15.0 Å². The standard InChI is InChI=1S/C9H14ClN3/c1-2-9-8(5-10)11-12-13(9)6-7-3-4-7/h7H,2-6H2,1H3. The van der Waals surface area contributed by atoms with E-state index in [1.807, 2.05) is 4.68 Å². The van der Waals surface area contributed by atoms with E-state index in [0.29, 0.717) is 5.88 Å². The van der Waals surface area contributed by atoms with Crippen LogP contribution in [0.5, 0.6) is 0 Å². The molecule has 1 aromatic heterocycles. The Morgan fingerprint density at radius 3 is 2.85 bits per heavy atom. The summed E-state index contributed by atoms with van der Waals surface area (Å²) in [6, 6.07) is 0. The Morgan fingerprint density at radius 1 is 1.54 bits per heavy atom. The summed E-state index contributed by atoms with van der Waals surface area (Å²) in [6.07, 6.45) is 3.67. The van der Waals surface area contributed by atoms with Crippen molar-refractivity contribution < 1.29 is 0 Å². The number of halogens is 1. The van der Waals surface area contributed by atoms with E-state index >= 15 is 0 Å². The van der Waals surface area contributed by atoms with Crippen LogP contribution in [0, 0.1) is 5.92 Å². The Hall–Kier alpha value is -0.570. The summed E-state index contributed by atoms with van der Waals surface area (Å²) >= 11 is 5.76. The van der Waals surface area contributed by atoms with E-state index in [-0.39, 0.29) is 0 Å². The highest BCUT2D eigenvalue weighted by Crippen LogP contribution is 2.30. The summed E-state index contributed by atoms with van der Waals surface area (Å²) in [5, 5.41) is 8.19. The minimum atomic E-state index is 0.480. The van der Waals surface area contributed by atoms with Crippen LogP contribution in [0.1, 0.15) is 31.2 Å². The second-order valence-corrected chi connectivity index (χ2v) is 3.86. The minimum absolute atomic E-state index is 0.480. The van der Waals surface area contributed by atoms with E-state index < -0.39 is 0 Å². The first-order chi connectivity index (χ1) is 6.35. The Kier molecular flexibility index (Phi) is 2.54. The van der Waals surface area contributed by atoms with Crippen LogP contribution in [0.2, 0.25) is 0 Å². The lowest BCUT2D eigenvalue weighted by molar-refractivity contribution is 0.526. The Bertz CT molecular complexity index is 291. The second kappa shape index (κ2) is 3.66. The van der Waals surface area contributed by atoms with Crippen molar-refractivity contribution in [3.05, 3.63) is 11.4 Å². The van der Waals surface area contributed by atoms with Gasteiger partial charge in [0.2, 0.25) is 0 Å². The number of hydrogen-bond acceptors (Lipinski definition) is 2. The molecule has 0 saturated heterocycles. The lowest BCUT2D eigenvalue weighted by Gasteiger charge is -2.03. The van der Waals surface area contributed by atoms with E-state index in [9.17, 15) is 0 Å². The molecule has 3 nitrogen and oxygen atoms in total. The number of nitrogens with zero attached hydrogens (tertiary/aromatic N) is 3. The molecule has 2 rings (SSSR count). The van der Waals surface area contributed by atoms with Crippen LogP contribution >= 0.6 is 11.6 Å². The molecule has 0 spiro atoms. The summed E-state index contributed by atoms with van der Waals surface area (Å²) < 4.78 is 2.02. The number of hydrogen-bond donors (Lipinski definition) is 0. The van der Waals surface area contributed by atoms with E-state index in [1.165, 1.54) is 18.5 Å². The van der Waals surface area contributed by atoms with E-state index in [4.69, 9.17) is 11.6 Å². The molecule has 1 aliphatic carbocycles. The Morgan fingerprint density at radius 2 is 2.31 bits per heavy atom. The van der Waals surface area contributed by atoms with Crippen molar-refractivity contribution in [3.63, 3.8) is 0 Å². The zero-order valence-corrected chi connectivity index (χ0v) is 8.59. The quantitative estimate of drug-likeness (QED) is 0.695. The van der Waals surface area contributed by atoms with Crippen molar-refractivity contribution in [1.29, 1.82) is 0 Å². The first-order valence-corrected chi connectivity index (χ1v) is 5.35. The fourth-order valence-corrected chi connectivity index (χ4v) is 1.76. The molecule has 0 radical (unpaired) electrons. The average Bonchev–Trinajstić information content (AvgIpc) is 2.85. The van der Waals surface area contributed by atoms with Crippen LogP contribution in [-0.2, 0) is 18.8 Å². The molecule has 0 N–H and O–H groups in total. The topological polar surface area (TPSA) is 30.7 Å². The summed E-state index contributed by atoms with van der Waals surface area (Å²) in [5.74, 6) is 1.32. The van der Waals surface area contributed by atoms with Crippen molar-refractivity contribution in [2.75, 3.05) is 0 Å². The maximum atomic E-state index is 5.76. The first-order valence-electron chi connectivity index (χ1n) is 4.82. The molecule has 1 saturated carbocycles. The van der Waals surface area contributed by atoms with Gasteiger partial charge < -0.3 is 0 Å². The third-order valence-corrected chi connectivity index (χ3v) is 2.76. The van der Waals surface area contributed by atoms with Crippen LogP contribution in [0.3, 0.4) is 0 Å². The van der Waals surface area contributed by atoms with Gasteiger partial charge in [-0.05, 0) is 25.2 Å². The third kappa shape index (κ3) is 1.85. The van der Waals surface area contributed by atoms with Gasteiger partial charge in [-0.3, -0.25) is 0 Å². The highest BCUT2D eigenvalue weighted by atomic mass is 35.5. The number of aromatic nitrogens is 3. The van der Waals surface area contributed by atoms with Gasteiger partial charge in [-0.25, -0.2) is 4.68 Å². The van der Waals surface area contributed by atoms with Crippen molar-refractivity contribution >= 4 is 11.6 Å². The molecule has 1 heterocycles. The van der Waals surface area contributed by atoms with Gasteiger partial charge in [0.1, 0.15) is 5.69 Å². The molecule has 0 bridgehead atoms. The SMILES string of the molecule is CCc1c(CCl)nnn1CC1CC1. The molecule has 4 heteroatoms. The normalized spacial score (nSPS) is 16.5. The lowest BCUT2D eigenvalue weighted by atomic mass is 10.2. The Balaban J connectivity index is 2.17. The second-order valence-electron chi connectivity index (χ2n) is 3.60. The molecule has 72 valence electrons. The summed E-state index contributed by atoms with van der Waals surface area (Å²) in [5.41, 5.74) is 2.16. The van der Waals surface area contributed by atoms with Gasteiger partial charge in [0.25, 0.3) is 0 Å². The van der Waals surface area contributed by atoms with Crippen LogP contribution in [0.4, 0.5) is 0 Å². The molecule has 1 aromatic rings. The zero-order chi connectivity index (χ0) is 9.26. The van der Waals surface area contributed by atoms with Crippen molar-refractivity contribution in [2.45, 2.75) is 38.6 Å². The fraction of sp³-hybridized carbons (Fsp3) is 0.778. The number of alkyl halides is 1.